The first-order valence-corrected chi connectivity index (χ1v) is 17.4. The lowest BCUT2D eigenvalue weighted by Crippen LogP contribution is -2.89. The molecule has 1 spiro atoms. The standard InChI is InChI=1S/C36H45NO17/c1-16-11-12-23-22(10-9-13-37-23)32(45)48-14-33(7)24-26(49-18(3)39)30(52-21(6)42)35(15-47-17(2)38)29(51-20(5)41)25(43)28(53-31(16)44)34(8,46)36(35,54-33)27(24)50-19(4)40/h9-10,13,16,24-30,43,46H,11-12,14-15H2,1-8H3/t16?,24-,25+,26-,27-,28+,29+,30-,33+,34+,35+,36-/m1/s1. The summed E-state index contributed by atoms with van der Waals surface area (Å²) in [6.07, 6.45) is -10.3. The highest BCUT2D eigenvalue weighted by molar-refractivity contribution is 5.90. The van der Waals surface area contributed by atoms with Gasteiger partial charge in [-0.05, 0) is 38.8 Å². The van der Waals surface area contributed by atoms with Gasteiger partial charge >= 0.3 is 41.8 Å². The first kappa shape index (κ1) is 40.5. The van der Waals surface area contributed by atoms with Gasteiger partial charge in [0.15, 0.2) is 17.8 Å². The summed E-state index contributed by atoms with van der Waals surface area (Å²) in [5.41, 5.74) is -9.68. The molecule has 12 atom stereocenters. The fourth-order valence-corrected chi connectivity index (χ4v) is 8.87. The molecular formula is C36H45NO17. The number of hydrogen-bond donors (Lipinski definition) is 2. The molecule has 2 aliphatic heterocycles. The van der Waals surface area contributed by atoms with Crippen molar-refractivity contribution < 1.29 is 81.7 Å². The number of rotatable bonds is 6. The van der Waals surface area contributed by atoms with Gasteiger partial charge in [0.2, 0.25) is 0 Å². The Morgan fingerprint density at radius 3 is 2.07 bits per heavy atom. The number of esters is 7. The van der Waals surface area contributed by atoms with E-state index >= 15 is 0 Å². The van der Waals surface area contributed by atoms with Crippen LogP contribution in [0.15, 0.2) is 18.3 Å². The number of carbonyl (C=O) groups is 7. The van der Waals surface area contributed by atoms with E-state index in [0.717, 1.165) is 41.5 Å². The van der Waals surface area contributed by atoms with Crippen LogP contribution in [0.1, 0.15) is 77.9 Å². The normalized spacial score (nSPS) is 38.6. The first-order valence-electron chi connectivity index (χ1n) is 17.4. The lowest BCUT2D eigenvalue weighted by Gasteiger charge is -2.67. The molecule has 0 amide bonds. The molecule has 54 heavy (non-hydrogen) atoms. The van der Waals surface area contributed by atoms with Crippen LogP contribution in [0.2, 0.25) is 0 Å². The average Bonchev–Trinajstić information content (AvgIpc) is 3.29. The lowest BCUT2D eigenvalue weighted by atomic mass is 9.45. The third-order valence-corrected chi connectivity index (χ3v) is 10.9. The van der Waals surface area contributed by atoms with E-state index in [1.807, 2.05) is 0 Å². The Balaban J connectivity index is 1.94. The molecule has 3 fully saturated rings. The number of aliphatic hydroxyl groups is 2. The molecular weight excluding hydrogens is 718 g/mol. The summed E-state index contributed by atoms with van der Waals surface area (Å²) in [6.45, 7) is 7.26. The van der Waals surface area contributed by atoms with Crippen molar-refractivity contribution in [3.8, 4) is 0 Å². The highest BCUT2D eigenvalue weighted by Gasteiger charge is 2.91. The Bertz CT molecular complexity index is 1730. The van der Waals surface area contributed by atoms with Crippen molar-refractivity contribution in [2.24, 2.45) is 17.3 Å². The van der Waals surface area contributed by atoms with Crippen LogP contribution in [0, 0.1) is 17.3 Å². The minimum atomic E-state index is -2.76. The Labute approximate surface area is 310 Å². The summed E-state index contributed by atoms with van der Waals surface area (Å²) >= 11 is 0. The Morgan fingerprint density at radius 2 is 1.48 bits per heavy atom. The van der Waals surface area contributed by atoms with Crippen LogP contribution in [0.4, 0.5) is 0 Å². The van der Waals surface area contributed by atoms with Crippen LogP contribution in [-0.4, -0.2) is 124 Å². The largest absolute Gasteiger partial charge is 0.465 e. The second-order valence-corrected chi connectivity index (χ2v) is 14.7. The van der Waals surface area contributed by atoms with Crippen LogP contribution in [0.3, 0.4) is 0 Å². The number of fused-ring (bicyclic) bond motifs is 5. The molecule has 2 aliphatic carbocycles. The Kier molecular flexibility index (Phi) is 10.9. The maximum absolute atomic E-state index is 13.9. The number of ether oxygens (including phenoxy) is 8. The fourth-order valence-electron chi connectivity index (χ4n) is 8.87. The molecule has 18 heteroatoms. The van der Waals surface area contributed by atoms with Gasteiger partial charge in [-0.25, -0.2) is 4.79 Å². The zero-order valence-corrected chi connectivity index (χ0v) is 31.1. The van der Waals surface area contributed by atoms with Crippen LogP contribution >= 0.6 is 0 Å². The van der Waals surface area contributed by atoms with Gasteiger partial charge in [-0.1, -0.05) is 6.92 Å². The van der Waals surface area contributed by atoms with E-state index in [0.29, 0.717) is 0 Å². The minimum Gasteiger partial charge on any atom is -0.465 e. The average molecular weight is 764 g/mol. The molecule has 1 aromatic rings. The van der Waals surface area contributed by atoms with Crippen molar-refractivity contribution in [1.29, 1.82) is 0 Å². The number of aromatic nitrogens is 1. The molecule has 0 radical (unpaired) electrons. The van der Waals surface area contributed by atoms with Crippen LogP contribution in [0.25, 0.3) is 0 Å². The summed E-state index contributed by atoms with van der Waals surface area (Å²) in [6, 6.07) is 2.96. The first-order chi connectivity index (χ1) is 25.1. The molecule has 2 saturated carbocycles. The maximum Gasteiger partial charge on any atom is 0.340 e. The maximum atomic E-state index is 13.9. The van der Waals surface area contributed by atoms with E-state index in [4.69, 9.17) is 37.9 Å². The van der Waals surface area contributed by atoms with Gasteiger partial charge in [0.25, 0.3) is 0 Å². The van der Waals surface area contributed by atoms with Crippen LogP contribution in [-0.2, 0) is 73.1 Å². The van der Waals surface area contributed by atoms with Gasteiger partial charge in [0.05, 0.1) is 23.1 Å². The van der Waals surface area contributed by atoms with E-state index in [2.05, 4.69) is 4.98 Å². The molecule has 4 aliphatic rings. The summed E-state index contributed by atoms with van der Waals surface area (Å²) in [5.74, 6) is -9.27. The van der Waals surface area contributed by atoms with Crippen molar-refractivity contribution in [3.63, 3.8) is 0 Å². The predicted octanol–water partition coefficient (Wildman–Crippen LogP) is 0.292. The highest BCUT2D eigenvalue weighted by atomic mass is 16.7. The zero-order valence-electron chi connectivity index (χ0n) is 31.1. The fraction of sp³-hybridized carbons (Fsp3) is 0.667. The Hall–Kier alpha value is -4.68. The second kappa shape index (κ2) is 14.5. The molecule has 4 bridgehead atoms. The summed E-state index contributed by atoms with van der Waals surface area (Å²) in [5, 5.41) is 25.4. The molecule has 0 aromatic carbocycles. The quantitative estimate of drug-likeness (QED) is 0.292. The topological polar surface area (TPSA) is 247 Å². The van der Waals surface area contributed by atoms with E-state index in [9.17, 15) is 43.8 Å². The van der Waals surface area contributed by atoms with Crippen LogP contribution in [0.5, 0.6) is 0 Å². The van der Waals surface area contributed by atoms with E-state index in [-0.39, 0.29) is 24.1 Å². The van der Waals surface area contributed by atoms with Crippen molar-refractivity contribution >= 4 is 41.8 Å². The number of cyclic esters (lactones) is 1. The van der Waals surface area contributed by atoms with E-state index < -0.39 is 126 Å². The molecule has 1 aromatic heterocycles. The third-order valence-electron chi connectivity index (χ3n) is 10.9. The monoisotopic (exact) mass is 763 g/mol. The zero-order chi connectivity index (χ0) is 40.1. The molecule has 18 nitrogen and oxygen atoms in total. The van der Waals surface area contributed by atoms with Gasteiger partial charge < -0.3 is 48.1 Å². The molecule has 3 heterocycles. The highest BCUT2D eigenvalue weighted by Crippen LogP contribution is 2.70. The Morgan fingerprint density at radius 1 is 0.889 bits per heavy atom. The molecule has 1 unspecified atom stereocenters. The van der Waals surface area contributed by atoms with Gasteiger partial charge in [-0.2, -0.15) is 0 Å². The minimum absolute atomic E-state index is 0.0434. The smallest absolute Gasteiger partial charge is 0.340 e. The summed E-state index contributed by atoms with van der Waals surface area (Å²) in [4.78, 5) is 96.6. The van der Waals surface area contributed by atoms with Gasteiger partial charge in [-0.15, -0.1) is 0 Å². The number of aliphatic hydroxyl groups excluding tert-OH is 1. The van der Waals surface area contributed by atoms with Crippen molar-refractivity contribution in [1.82, 2.24) is 4.98 Å². The third kappa shape index (κ3) is 6.46. The number of nitrogens with zero attached hydrogens (tertiary/aromatic N) is 1. The lowest BCUT2D eigenvalue weighted by molar-refractivity contribution is -0.386. The number of aryl methyl sites for hydroxylation is 1. The summed E-state index contributed by atoms with van der Waals surface area (Å²) < 4.78 is 47.7. The van der Waals surface area contributed by atoms with E-state index in [1.54, 1.807) is 0 Å². The molecule has 1 saturated heterocycles. The van der Waals surface area contributed by atoms with Gasteiger partial charge in [0.1, 0.15) is 54.2 Å². The van der Waals surface area contributed by atoms with E-state index in [1.165, 1.54) is 32.2 Å². The molecule has 5 rings (SSSR count). The van der Waals surface area contributed by atoms with Crippen molar-refractivity contribution in [2.45, 2.75) is 122 Å². The number of carbonyl (C=O) groups excluding carboxylic acids is 7. The SMILES string of the molecule is CC(=O)OC[C@]12[C@H](OC(C)=O)[C@H](OC(C)=O)[C@@H]3[C@@H](OC(C)=O)[C@]14O[C@@]3(C)COC(=O)c1cccnc1CCC(C)C(=O)O[C@@H]([C@H](O)[C@@H]2OC(C)=O)[C@]4(C)O. The summed E-state index contributed by atoms with van der Waals surface area (Å²) in [7, 11) is 0. The molecule has 2 N–H and O–H groups in total. The van der Waals surface area contributed by atoms with Gasteiger partial charge in [0, 0.05) is 40.8 Å². The van der Waals surface area contributed by atoms with Crippen molar-refractivity contribution in [3.05, 3.63) is 29.6 Å². The number of pyridine rings is 1. The number of hydrogen-bond acceptors (Lipinski definition) is 18. The predicted molar refractivity (Wildman–Crippen MR) is 176 cm³/mol. The molecule has 296 valence electrons. The second-order valence-electron chi connectivity index (χ2n) is 14.7. The van der Waals surface area contributed by atoms with Crippen molar-refractivity contribution in [2.75, 3.05) is 13.2 Å². The van der Waals surface area contributed by atoms with Gasteiger partial charge in [-0.3, -0.25) is 33.8 Å². The van der Waals surface area contributed by atoms with Crippen LogP contribution < -0.4 is 0 Å².